The zero-order valence-electron chi connectivity index (χ0n) is 13.9. The smallest absolute Gasteiger partial charge is 0.160 e. The minimum absolute atomic E-state index is 0.169. The number of nitrogens with zero attached hydrogens (tertiary/aromatic N) is 1. The van der Waals surface area contributed by atoms with Crippen LogP contribution in [0.15, 0.2) is 36.0 Å². The molecule has 1 fully saturated rings. The summed E-state index contributed by atoms with van der Waals surface area (Å²) in [4.78, 5) is 14.0. The average molecular weight is 285 g/mol. The van der Waals surface area contributed by atoms with E-state index in [9.17, 15) is 4.79 Å². The monoisotopic (exact) mass is 285 g/mol. The molecule has 1 aliphatic rings. The van der Waals surface area contributed by atoms with E-state index in [0.29, 0.717) is 18.1 Å². The van der Waals surface area contributed by atoms with E-state index in [0.717, 1.165) is 18.4 Å². The van der Waals surface area contributed by atoms with Gasteiger partial charge in [-0.1, -0.05) is 45.0 Å². The molecule has 1 aromatic rings. The summed E-state index contributed by atoms with van der Waals surface area (Å²) in [5.74, 6) is 0.781. The van der Waals surface area contributed by atoms with Crippen molar-refractivity contribution in [1.29, 1.82) is 0 Å². The Labute approximate surface area is 128 Å². The highest BCUT2D eigenvalue weighted by atomic mass is 16.1. The summed E-state index contributed by atoms with van der Waals surface area (Å²) in [6.07, 6.45) is 4.49. The third-order valence-corrected chi connectivity index (χ3v) is 4.18. The van der Waals surface area contributed by atoms with Gasteiger partial charge in [-0.2, -0.15) is 0 Å². The molecule has 1 unspecified atom stereocenters. The number of benzene rings is 1. The van der Waals surface area contributed by atoms with Crippen LogP contribution >= 0.6 is 0 Å². The van der Waals surface area contributed by atoms with Gasteiger partial charge in [-0.3, -0.25) is 4.79 Å². The van der Waals surface area contributed by atoms with E-state index >= 15 is 0 Å². The largest absolute Gasteiger partial charge is 0.383 e. The van der Waals surface area contributed by atoms with E-state index in [1.807, 2.05) is 25.2 Å². The fourth-order valence-corrected chi connectivity index (χ4v) is 2.93. The molecule has 2 nitrogen and oxygen atoms in total. The summed E-state index contributed by atoms with van der Waals surface area (Å²) < 4.78 is 0. The van der Waals surface area contributed by atoms with Crippen molar-refractivity contribution in [2.75, 3.05) is 14.1 Å². The molecule has 0 spiro atoms. The summed E-state index contributed by atoms with van der Waals surface area (Å²) >= 11 is 0. The Kier molecular flexibility index (Phi) is 4.55. The van der Waals surface area contributed by atoms with Crippen LogP contribution in [0.1, 0.15) is 57.1 Å². The first kappa shape index (κ1) is 15.8. The molecule has 0 heterocycles. The lowest BCUT2D eigenvalue weighted by Gasteiger charge is -2.26. The van der Waals surface area contributed by atoms with Gasteiger partial charge in [-0.05, 0) is 35.3 Å². The number of rotatable bonds is 2. The number of hydrogen-bond donors (Lipinski definition) is 0. The predicted octanol–water partition coefficient (Wildman–Crippen LogP) is 4.27. The topological polar surface area (TPSA) is 20.3 Å². The molecule has 0 aliphatic heterocycles. The zero-order chi connectivity index (χ0) is 15.6. The Bertz CT molecular complexity index is 549. The molecule has 0 saturated heterocycles. The third kappa shape index (κ3) is 3.96. The van der Waals surface area contributed by atoms with Crippen molar-refractivity contribution in [2.24, 2.45) is 0 Å². The first-order valence-corrected chi connectivity index (χ1v) is 7.78. The van der Waals surface area contributed by atoms with Crippen LogP contribution in [-0.4, -0.2) is 24.8 Å². The molecule has 1 aromatic carbocycles. The predicted molar refractivity (Wildman–Crippen MR) is 88.5 cm³/mol. The summed E-state index contributed by atoms with van der Waals surface area (Å²) in [6, 6.07) is 8.90. The van der Waals surface area contributed by atoms with Crippen molar-refractivity contribution in [3.8, 4) is 0 Å². The van der Waals surface area contributed by atoms with Gasteiger partial charge in [-0.15, -0.1) is 0 Å². The molecule has 1 atom stereocenters. The number of hydrogen-bond acceptors (Lipinski definition) is 2. The molecule has 0 aromatic heterocycles. The molecule has 0 amide bonds. The second kappa shape index (κ2) is 6.05. The maximum atomic E-state index is 12.0. The minimum atomic E-state index is 0.169. The lowest BCUT2D eigenvalue weighted by atomic mass is 9.78. The van der Waals surface area contributed by atoms with Crippen molar-refractivity contribution in [2.45, 2.75) is 51.4 Å². The molecule has 0 bridgehead atoms. The van der Waals surface area contributed by atoms with Crippen LogP contribution in [-0.2, 0) is 10.2 Å². The minimum Gasteiger partial charge on any atom is -0.383 e. The number of carbonyl (C=O) groups is 1. The average Bonchev–Trinajstić information content (AvgIpc) is 2.40. The highest BCUT2D eigenvalue weighted by molar-refractivity contribution is 5.96. The molecule has 114 valence electrons. The van der Waals surface area contributed by atoms with Crippen LogP contribution in [0.2, 0.25) is 0 Å². The quantitative estimate of drug-likeness (QED) is 0.756. The van der Waals surface area contributed by atoms with Crippen molar-refractivity contribution < 1.29 is 4.79 Å². The van der Waals surface area contributed by atoms with E-state index in [1.54, 1.807) is 0 Å². The Morgan fingerprint density at radius 1 is 1.24 bits per heavy atom. The van der Waals surface area contributed by atoms with Crippen molar-refractivity contribution >= 4 is 5.78 Å². The van der Waals surface area contributed by atoms with Crippen LogP contribution in [0.25, 0.3) is 0 Å². The number of carbonyl (C=O) groups excluding carboxylic acids is 1. The fraction of sp³-hybridized carbons (Fsp3) is 0.526. The van der Waals surface area contributed by atoms with Crippen LogP contribution in [0, 0.1) is 0 Å². The maximum absolute atomic E-state index is 12.0. The third-order valence-electron chi connectivity index (χ3n) is 4.18. The first-order chi connectivity index (χ1) is 9.77. The van der Waals surface area contributed by atoms with Gasteiger partial charge in [0.1, 0.15) is 0 Å². The van der Waals surface area contributed by atoms with E-state index in [4.69, 9.17) is 0 Å². The number of ketones is 1. The molecule has 1 saturated carbocycles. The van der Waals surface area contributed by atoms with Crippen LogP contribution in [0.4, 0.5) is 0 Å². The summed E-state index contributed by atoms with van der Waals surface area (Å²) in [7, 11) is 3.95. The van der Waals surface area contributed by atoms with E-state index in [-0.39, 0.29) is 5.41 Å². The summed E-state index contributed by atoms with van der Waals surface area (Å²) in [5, 5.41) is 0. The number of Topliss-reactive ketones (excluding diaryl/α,β-unsaturated/α-hetero) is 1. The highest BCUT2D eigenvalue weighted by Crippen LogP contribution is 2.35. The van der Waals surface area contributed by atoms with Crippen LogP contribution < -0.4 is 0 Å². The standard InChI is InChI=1S/C19H27NO/c1-19(2,3)17-8-6-7-14(12-17)15-9-10-18(21)16(11-15)13-20(4)5/h6-8,12-13,15H,9-11H2,1-5H3. The van der Waals surface area contributed by atoms with E-state index in [2.05, 4.69) is 45.0 Å². The van der Waals surface area contributed by atoms with Gasteiger partial charge in [-0.25, -0.2) is 0 Å². The molecule has 21 heavy (non-hydrogen) atoms. The van der Waals surface area contributed by atoms with Crippen LogP contribution in [0.3, 0.4) is 0 Å². The maximum Gasteiger partial charge on any atom is 0.160 e. The Morgan fingerprint density at radius 3 is 2.57 bits per heavy atom. The lowest BCUT2D eigenvalue weighted by molar-refractivity contribution is -0.116. The van der Waals surface area contributed by atoms with Crippen molar-refractivity contribution in [3.63, 3.8) is 0 Å². The Morgan fingerprint density at radius 2 is 1.95 bits per heavy atom. The molecular weight excluding hydrogens is 258 g/mol. The van der Waals surface area contributed by atoms with Gasteiger partial charge in [0.2, 0.25) is 0 Å². The molecule has 2 rings (SSSR count). The van der Waals surface area contributed by atoms with E-state index < -0.39 is 0 Å². The zero-order valence-corrected chi connectivity index (χ0v) is 13.9. The molecule has 2 heteroatoms. The van der Waals surface area contributed by atoms with Gasteiger partial charge in [0.25, 0.3) is 0 Å². The second-order valence-corrected chi connectivity index (χ2v) is 7.36. The SMILES string of the molecule is CN(C)C=C1CC(c2cccc(C(C)(C)C)c2)CCC1=O. The van der Waals surface area contributed by atoms with Crippen molar-refractivity contribution in [3.05, 3.63) is 47.2 Å². The number of allylic oxidation sites excluding steroid dienone is 1. The van der Waals surface area contributed by atoms with Crippen molar-refractivity contribution in [1.82, 2.24) is 4.90 Å². The summed E-state index contributed by atoms with van der Waals surface area (Å²) in [5.41, 5.74) is 3.88. The first-order valence-electron chi connectivity index (χ1n) is 7.78. The molecular formula is C19H27NO. The molecule has 1 aliphatic carbocycles. The Balaban J connectivity index is 2.25. The van der Waals surface area contributed by atoms with Gasteiger partial charge in [0, 0.05) is 32.3 Å². The van der Waals surface area contributed by atoms with Gasteiger partial charge >= 0.3 is 0 Å². The van der Waals surface area contributed by atoms with Gasteiger partial charge < -0.3 is 4.90 Å². The normalized spacial score (nSPS) is 21.7. The van der Waals surface area contributed by atoms with Gasteiger partial charge in [0.05, 0.1) is 0 Å². The highest BCUT2D eigenvalue weighted by Gasteiger charge is 2.25. The molecule has 0 radical (unpaired) electrons. The van der Waals surface area contributed by atoms with Gasteiger partial charge in [0.15, 0.2) is 5.78 Å². The second-order valence-electron chi connectivity index (χ2n) is 7.36. The fourth-order valence-electron chi connectivity index (χ4n) is 2.93. The Hall–Kier alpha value is -1.57. The molecule has 0 N–H and O–H groups in total. The lowest BCUT2D eigenvalue weighted by Crippen LogP contribution is -2.19. The van der Waals surface area contributed by atoms with E-state index in [1.165, 1.54) is 11.1 Å². The summed E-state index contributed by atoms with van der Waals surface area (Å²) in [6.45, 7) is 6.73. The van der Waals surface area contributed by atoms with Crippen LogP contribution in [0.5, 0.6) is 0 Å².